The zero-order chi connectivity index (χ0) is 12.0. The van der Waals surface area contributed by atoms with Crippen LogP contribution in [0.15, 0.2) is 18.2 Å². The second-order valence-corrected chi connectivity index (χ2v) is 4.44. The fourth-order valence-corrected chi connectivity index (χ4v) is 1.96. The first-order valence-electron chi connectivity index (χ1n) is 6.06. The van der Waals surface area contributed by atoms with Gasteiger partial charge in [-0.25, -0.2) is 0 Å². The molecule has 0 spiro atoms. The molecule has 1 aromatic rings. The van der Waals surface area contributed by atoms with Crippen LogP contribution in [0.2, 0.25) is 0 Å². The standard InChI is InChI=1S/C14H23NO/c1-11(2)13-9-6-8-12(14(13)16-3)7-4-5-10-15/h6,8-9,11H,4-5,7,10,15H2,1-3H3. The van der Waals surface area contributed by atoms with Crippen molar-refractivity contribution in [3.05, 3.63) is 29.3 Å². The number of hydrogen-bond donors (Lipinski definition) is 1. The van der Waals surface area contributed by atoms with E-state index in [2.05, 4.69) is 32.0 Å². The average molecular weight is 221 g/mol. The molecule has 0 bridgehead atoms. The molecule has 2 N–H and O–H groups in total. The number of benzene rings is 1. The van der Waals surface area contributed by atoms with Gasteiger partial charge in [0.1, 0.15) is 5.75 Å². The van der Waals surface area contributed by atoms with Gasteiger partial charge in [0.2, 0.25) is 0 Å². The van der Waals surface area contributed by atoms with Gasteiger partial charge in [-0.3, -0.25) is 0 Å². The summed E-state index contributed by atoms with van der Waals surface area (Å²) >= 11 is 0. The van der Waals surface area contributed by atoms with Crippen LogP contribution >= 0.6 is 0 Å². The van der Waals surface area contributed by atoms with Gasteiger partial charge < -0.3 is 10.5 Å². The smallest absolute Gasteiger partial charge is 0.125 e. The summed E-state index contributed by atoms with van der Waals surface area (Å²) in [6.45, 7) is 5.16. The maximum atomic E-state index is 5.54. The molecule has 0 unspecified atom stereocenters. The van der Waals surface area contributed by atoms with E-state index in [1.165, 1.54) is 11.1 Å². The van der Waals surface area contributed by atoms with Crippen LogP contribution in [0.5, 0.6) is 5.75 Å². The van der Waals surface area contributed by atoms with Crippen LogP contribution in [0.4, 0.5) is 0 Å². The summed E-state index contributed by atoms with van der Waals surface area (Å²) in [6.07, 6.45) is 3.27. The molecule has 0 aliphatic carbocycles. The van der Waals surface area contributed by atoms with E-state index in [0.29, 0.717) is 5.92 Å². The number of para-hydroxylation sites is 1. The summed E-state index contributed by atoms with van der Waals surface area (Å²) in [6, 6.07) is 6.42. The van der Waals surface area contributed by atoms with Crippen LogP contribution in [0.3, 0.4) is 0 Å². The number of methoxy groups -OCH3 is 1. The Balaban J connectivity index is 2.86. The Morgan fingerprint density at radius 2 is 2.00 bits per heavy atom. The Bertz CT molecular complexity index is 321. The van der Waals surface area contributed by atoms with Crippen molar-refractivity contribution < 1.29 is 4.74 Å². The Morgan fingerprint density at radius 3 is 2.56 bits per heavy atom. The lowest BCUT2D eigenvalue weighted by Gasteiger charge is -2.15. The predicted molar refractivity (Wildman–Crippen MR) is 69.1 cm³/mol. The molecule has 0 saturated heterocycles. The highest BCUT2D eigenvalue weighted by Gasteiger charge is 2.10. The lowest BCUT2D eigenvalue weighted by molar-refractivity contribution is 0.401. The number of ether oxygens (including phenoxy) is 1. The normalized spacial score (nSPS) is 10.8. The van der Waals surface area contributed by atoms with Gasteiger partial charge in [-0.15, -0.1) is 0 Å². The molecule has 0 atom stereocenters. The van der Waals surface area contributed by atoms with Crippen molar-refractivity contribution in [2.24, 2.45) is 5.73 Å². The van der Waals surface area contributed by atoms with Crippen molar-refractivity contribution in [1.82, 2.24) is 0 Å². The highest BCUT2D eigenvalue weighted by Crippen LogP contribution is 2.30. The van der Waals surface area contributed by atoms with Gasteiger partial charge in [0, 0.05) is 0 Å². The Hall–Kier alpha value is -1.02. The van der Waals surface area contributed by atoms with E-state index >= 15 is 0 Å². The molecule has 2 nitrogen and oxygen atoms in total. The van der Waals surface area contributed by atoms with Crippen LogP contribution in [-0.4, -0.2) is 13.7 Å². The first-order chi connectivity index (χ1) is 7.70. The van der Waals surface area contributed by atoms with E-state index in [1.54, 1.807) is 7.11 Å². The number of unbranched alkanes of at least 4 members (excludes halogenated alkanes) is 1. The Labute approximate surface area is 98.8 Å². The molecule has 0 aliphatic rings. The van der Waals surface area contributed by atoms with Crippen molar-refractivity contribution in [3.8, 4) is 5.75 Å². The van der Waals surface area contributed by atoms with Gasteiger partial charge in [0.25, 0.3) is 0 Å². The van der Waals surface area contributed by atoms with Crippen LogP contribution in [0.1, 0.15) is 43.7 Å². The maximum Gasteiger partial charge on any atom is 0.125 e. The van der Waals surface area contributed by atoms with E-state index in [-0.39, 0.29) is 0 Å². The minimum absolute atomic E-state index is 0.504. The lowest BCUT2D eigenvalue weighted by atomic mass is 9.97. The highest BCUT2D eigenvalue weighted by atomic mass is 16.5. The van der Waals surface area contributed by atoms with E-state index in [4.69, 9.17) is 10.5 Å². The van der Waals surface area contributed by atoms with Gasteiger partial charge in [-0.2, -0.15) is 0 Å². The minimum Gasteiger partial charge on any atom is -0.496 e. The van der Waals surface area contributed by atoms with Gasteiger partial charge in [0.15, 0.2) is 0 Å². The number of nitrogens with two attached hydrogens (primary N) is 1. The molecule has 0 saturated carbocycles. The summed E-state index contributed by atoms with van der Waals surface area (Å²) in [4.78, 5) is 0. The van der Waals surface area contributed by atoms with E-state index in [9.17, 15) is 0 Å². The number of aryl methyl sites for hydroxylation is 1. The molecule has 0 aromatic heterocycles. The molecule has 0 aliphatic heterocycles. The molecule has 0 amide bonds. The number of rotatable bonds is 6. The molecule has 16 heavy (non-hydrogen) atoms. The third kappa shape index (κ3) is 3.24. The molecule has 2 heteroatoms. The van der Waals surface area contributed by atoms with E-state index < -0.39 is 0 Å². The van der Waals surface area contributed by atoms with Crippen LogP contribution in [0, 0.1) is 0 Å². The second kappa shape index (κ2) is 6.54. The van der Waals surface area contributed by atoms with Gasteiger partial charge in [-0.1, -0.05) is 32.0 Å². The minimum atomic E-state index is 0.504. The molecule has 90 valence electrons. The lowest BCUT2D eigenvalue weighted by Crippen LogP contribution is -2.02. The first kappa shape index (κ1) is 13.0. The van der Waals surface area contributed by atoms with Crippen LogP contribution in [-0.2, 0) is 6.42 Å². The summed E-state index contributed by atoms with van der Waals surface area (Å²) in [5.41, 5.74) is 8.12. The van der Waals surface area contributed by atoms with E-state index in [1.807, 2.05) is 0 Å². The third-order valence-corrected chi connectivity index (χ3v) is 2.85. The molecule has 0 radical (unpaired) electrons. The molecule has 0 heterocycles. The van der Waals surface area contributed by atoms with Crippen molar-refractivity contribution in [3.63, 3.8) is 0 Å². The van der Waals surface area contributed by atoms with Crippen molar-refractivity contribution >= 4 is 0 Å². The molecule has 1 rings (SSSR count). The van der Waals surface area contributed by atoms with Crippen molar-refractivity contribution in [1.29, 1.82) is 0 Å². The van der Waals surface area contributed by atoms with Crippen molar-refractivity contribution in [2.75, 3.05) is 13.7 Å². The summed E-state index contributed by atoms with van der Waals surface area (Å²) < 4.78 is 5.54. The largest absolute Gasteiger partial charge is 0.496 e. The van der Waals surface area contributed by atoms with Crippen molar-refractivity contribution in [2.45, 2.75) is 39.0 Å². The zero-order valence-electron chi connectivity index (χ0n) is 10.6. The first-order valence-corrected chi connectivity index (χ1v) is 6.06. The van der Waals surface area contributed by atoms with Gasteiger partial charge >= 0.3 is 0 Å². The summed E-state index contributed by atoms with van der Waals surface area (Å²) in [5.74, 6) is 1.57. The molecule has 0 fully saturated rings. The van der Waals surface area contributed by atoms with Gasteiger partial charge in [0.05, 0.1) is 7.11 Å². The number of hydrogen-bond acceptors (Lipinski definition) is 2. The SMILES string of the molecule is COc1c(CCCCN)cccc1C(C)C. The predicted octanol–water partition coefficient (Wildman–Crippen LogP) is 3.10. The second-order valence-electron chi connectivity index (χ2n) is 4.44. The summed E-state index contributed by atoms with van der Waals surface area (Å²) in [7, 11) is 1.76. The quantitative estimate of drug-likeness (QED) is 0.749. The molecular formula is C14H23NO. The van der Waals surface area contributed by atoms with E-state index in [0.717, 1.165) is 31.6 Å². The highest BCUT2D eigenvalue weighted by molar-refractivity contribution is 5.43. The molecule has 1 aromatic carbocycles. The fraction of sp³-hybridized carbons (Fsp3) is 0.571. The zero-order valence-corrected chi connectivity index (χ0v) is 10.6. The van der Waals surface area contributed by atoms with Crippen LogP contribution in [0.25, 0.3) is 0 Å². The Kier molecular flexibility index (Phi) is 5.33. The maximum absolute atomic E-state index is 5.54. The average Bonchev–Trinajstić information content (AvgIpc) is 2.29. The van der Waals surface area contributed by atoms with Gasteiger partial charge in [-0.05, 0) is 42.9 Å². The van der Waals surface area contributed by atoms with Crippen LogP contribution < -0.4 is 10.5 Å². The third-order valence-electron chi connectivity index (χ3n) is 2.85. The Morgan fingerprint density at radius 1 is 1.25 bits per heavy atom. The molecular weight excluding hydrogens is 198 g/mol. The fourth-order valence-electron chi connectivity index (χ4n) is 1.96. The summed E-state index contributed by atoms with van der Waals surface area (Å²) in [5, 5.41) is 0. The topological polar surface area (TPSA) is 35.2 Å². The monoisotopic (exact) mass is 221 g/mol.